The highest BCUT2D eigenvalue weighted by Gasteiger charge is 2.18. The van der Waals surface area contributed by atoms with Crippen LogP contribution in [0.4, 0.5) is 0 Å². The van der Waals surface area contributed by atoms with E-state index in [1.165, 1.54) is 5.56 Å². The molecule has 5 nitrogen and oxygen atoms in total. The lowest BCUT2D eigenvalue weighted by molar-refractivity contribution is 0.456. The molecule has 20 heavy (non-hydrogen) atoms. The van der Waals surface area contributed by atoms with Gasteiger partial charge in [-0.15, -0.1) is 0 Å². The van der Waals surface area contributed by atoms with Gasteiger partial charge in [-0.2, -0.15) is 5.10 Å². The minimum atomic E-state index is 0.0682. The van der Waals surface area contributed by atoms with E-state index in [1.807, 2.05) is 23.1 Å². The lowest BCUT2D eigenvalue weighted by Crippen LogP contribution is -2.30. The number of hydrogen-bond donors (Lipinski definition) is 2. The first-order valence-electron chi connectivity index (χ1n) is 6.82. The van der Waals surface area contributed by atoms with Crippen LogP contribution in [0.3, 0.4) is 0 Å². The van der Waals surface area contributed by atoms with Gasteiger partial charge < -0.3 is 0 Å². The van der Waals surface area contributed by atoms with Crippen molar-refractivity contribution in [2.45, 2.75) is 38.8 Å². The minimum absolute atomic E-state index is 0.0682. The predicted molar refractivity (Wildman–Crippen MR) is 82.8 cm³/mol. The van der Waals surface area contributed by atoms with Gasteiger partial charge in [0.2, 0.25) is 0 Å². The van der Waals surface area contributed by atoms with Crippen LogP contribution in [0.5, 0.6) is 0 Å². The maximum absolute atomic E-state index is 5.73. The summed E-state index contributed by atoms with van der Waals surface area (Å²) in [6.07, 6.45) is 8.38. The monoisotopic (exact) mass is 337 g/mol. The number of aromatic nitrogens is 3. The number of rotatable bonds is 7. The summed E-state index contributed by atoms with van der Waals surface area (Å²) in [5.41, 5.74) is 5.23. The number of aryl methyl sites for hydroxylation is 2. The van der Waals surface area contributed by atoms with Crippen LogP contribution < -0.4 is 11.3 Å². The van der Waals surface area contributed by atoms with Crippen molar-refractivity contribution in [1.29, 1.82) is 0 Å². The molecule has 0 saturated heterocycles. The molecule has 0 fully saturated rings. The van der Waals surface area contributed by atoms with Crippen molar-refractivity contribution in [1.82, 2.24) is 20.2 Å². The van der Waals surface area contributed by atoms with Gasteiger partial charge in [-0.25, -0.2) is 0 Å². The molecule has 0 aliphatic rings. The Morgan fingerprint density at radius 1 is 1.45 bits per heavy atom. The van der Waals surface area contributed by atoms with Crippen LogP contribution in [0.25, 0.3) is 0 Å². The maximum Gasteiger partial charge on any atom is 0.0709 e. The summed E-state index contributed by atoms with van der Waals surface area (Å²) in [7, 11) is 0. The Balaban J connectivity index is 2.10. The van der Waals surface area contributed by atoms with Crippen LogP contribution in [0.2, 0.25) is 0 Å². The number of hydrogen-bond acceptors (Lipinski definition) is 4. The summed E-state index contributed by atoms with van der Waals surface area (Å²) in [5.74, 6) is 5.73. The predicted octanol–water partition coefficient (Wildman–Crippen LogP) is 2.59. The highest BCUT2D eigenvalue weighted by atomic mass is 79.9. The summed E-state index contributed by atoms with van der Waals surface area (Å²) in [4.78, 5) is 4.14. The van der Waals surface area contributed by atoms with Crippen LogP contribution in [-0.4, -0.2) is 14.8 Å². The highest BCUT2D eigenvalue weighted by Crippen LogP contribution is 2.26. The van der Waals surface area contributed by atoms with Gasteiger partial charge in [0.05, 0.1) is 22.4 Å². The summed E-state index contributed by atoms with van der Waals surface area (Å²) in [6.45, 7) is 3.03. The van der Waals surface area contributed by atoms with Gasteiger partial charge in [-0.1, -0.05) is 13.0 Å². The highest BCUT2D eigenvalue weighted by molar-refractivity contribution is 9.10. The van der Waals surface area contributed by atoms with E-state index in [9.17, 15) is 0 Å². The molecule has 1 unspecified atom stereocenters. The van der Waals surface area contributed by atoms with Gasteiger partial charge in [0.25, 0.3) is 0 Å². The molecule has 2 rings (SSSR count). The van der Waals surface area contributed by atoms with E-state index in [2.05, 4.69) is 44.4 Å². The second kappa shape index (κ2) is 7.52. The Bertz CT molecular complexity index is 526. The quantitative estimate of drug-likeness (QED) is 0.601. The zero-order valence-corrected chi connectivity index (χ0v) is 13.2. The van der Waals surface area contributed by atoms with Crippen LogP contribution >= 0.6 is 15.9 Å². The van der Waals surface area contributed by atoms with Gasteiger partial charge in [0.15, 0.2) is 0 Å². The van der Waals surface area contributed by atoms with Gasteiger partial charge in [0.1, 0.15) is 0 Å². The van der Waals surface area contributed by atoms with Crippen LogP contribution in [0.1, 0.15) is 37.1 Å². The summed E-state index contributed by atoms with van der Waals surface area (Å²) in [5, 5.41) is 4.39. The molecule has 0 aromatic carbocycles. The Labute approximate surface area is 127 Å². The smallest absolute Gasteiger partial charge is 0.0709 e. The number of hydrazine groups is 1. The Morgan fingerprint density at radius 2 is 2.30 bits per heavy atom. The molecule has 1 atom stereocenters. The molecule has 108 valence electrons. The molecular formula is C14H20BrN5. The van der Waals surface area contributed by atoms with E-state index in [4.69, 9.17) is 5.84 Å². The van der Waals surface area contributed by atoms with E-state index in [0.29, 0.717) is 0 Å². The third-order valence-electron chi connectivity index (χ3n) is 3.24. The fourth-order valence-electron chi connectivity index (χ4n) is 2.26. The molecule has 0 aliphatic heterocycles. The zero-order valence-electron chi connectivity index (χ0n) is 11.6. The molecule has 2 aromatic rings. The molecule has 0 bridgehead atoms. The first-order valence-corrected chi connectivity index (χ1v) is 7.61. The summed E-state index contributed by atoms with van der Waals surface area (Å²) < 4.78 is 3.01. The molecule has 0 spiro atoms. The van der Waals surface area contributed by atoms with E-state index >= 15 is 0 Å². The van der Waals surface area contributed by atoms with Crippen LogP contribution in [-0.2, 0) is 13.0 Å². The average Bonchev–Trinajstić information content (AvgIpc) is 2.83. The SMILES string of the molecule is CCCn1ncc(Br)c1C(CCc1cccnc1)NN. The van der Waals surface area contributed by atoms with E-state index in [1.54, 1.807) is 6.20 Å². The lowest BCUT2D eigenvalue weighted by atomic mass is 10.0. The number of halogens is 1. The van der Waals surface area contributed by atoms with Gasteiger partial charge in [-0.3, -0.25) is 20.9 Å². The van der Waals surface area contributed by atoms with Gasteiger partial charge >= 0.3 is 0 Å². The summed E-state index contributed by atoms with van der Waals surface area (Å²) >= 11 is 3.56. The summed E-state index contributed by atoms with van der Waals surface area (Å²) in [6, 6.07) is 4.11. The van der Waals surface area contributed by atoms with Crippen molar-refractivity contribution >= 4 is 15.9 Å². The van der Waals surface area contributed by atoms with E-state index in [0.717, 1.165) is 36.0 Å². The zero-order chi connectivity index (χ0) is 14.4. The number of nitrogens with two attached hydrogens (primary N) is 1. The van der Waals surface area contributed by atoms with Crippen LogP contribution in [0, 0.1) is 0 Å². The molecule has 0 saturated carbocycles. The van der Waals surface area contributed by atoms with E-state index < -0.39 is 0 Å². The van der Waals surface area contributed by atoms with Crippen molar-refractivity contribution in [3.63, 3.8) is 0 Å². The van der Waals surface area contributed by atoms with Crippen molar-refractivity contribution in [2.75, 3.05) is 0 Å². The Kier molecular flexibility index (Phi) is 5.70. The average molecular weight is 338 g/mol. The van der Waals surface area contributed by atoms with Crippen LogP contribution in [0.15, 0.2) is 35.2 Å². The fourth-order valence-corrected chi connectivity index (χ4v) is 2.84. The third-order valence-corrected chi connectivity index (χ3v) is 3.86. The fraction of sp³-hybridized carbons (Fsp3) is 0.429. The Hall–Kier alpha value is -1.24. The maximum atomic E-state index is 5.73. The molecule has 0 amide bonds. The Morgan fingerprint density at radius 3 is 2.95 bits per heavy atom. The second-order valence-electron chi connectivity index (χ2n) is 4.72. The van der Waals surface area contributed by atoms with Crippen molar-refractivity contribution in [3.8, 4) is 0 Å². The van der Waals surface area contributed by atoms with E-state index in [-0.39, 0.29) is 6.04 Å². The van der Waals surface area contributed by atoms with Crippen molar-refractivity contribution < 1.29 is 0 Å². The lowest BCUT2D eigenvalue weighted by Gasteiger charge is -2.18. The number of nitrogens with one attached hydrogen (secondary N) is 1. The minimum Gasteiger partial charge on any atom is -0.271 e. The molecule has 2 aromatic heterocycles. The first-order chi connectivity index (χ1) is 9.76. The van der Waals surface area contributed by atoms with Gasteiger partial charge in [0, 0.05) is 18.9 Å². The molecule has 3 N–H and O–H groups in total. The number of pyridine rings is 1. The first kappa shape index (κ1) is 15.2. The van der Waals surface area contributed by atoms with Crippen molar-refractivity contribution in [3.05, 3.63) is 46.5 Å². The molecule has 2 heterocycles. The topological polar surface area (TPSA) is 68.8 Å². The third kappa shape index (κ3) is 3.65. The van der Waals surface area contributed by atoms with Crippen molar-refractivity contribution in [2.24, 2.45) is 5.84 Å². The normalized spacial score (nSPS) is 12.6. The standard InChI is InChI=1S/C14H20BrN5/c1-2-8-20-14(12(15)10-18-20)13(19-16)6-5-11-4-3-7-17-9-11/h3-4,7,9-10,13,19H,2,5-6,8,16H2,1H3. The molecule has 6 heteroatoms. The number of nitrogens with zero attached hydrogens (tertiary/aromatic N) is 3. The molecule has 0 radical (unpaired) electrons. The molecular weight excluding hydrogens is 318 g/mol. The largest absolute Gasteiger partial charge is 0.271 e. The van der Waals surface area contributed by atoms with Gasteiger partial charge in [-0.05, 0) is 46.8 Å². The second-order valence-corrected chi connectivity index (χ2v) is 5.57. The molecule has 0 aliphatic carbocycles.